The van der Waals surface area contributed by atoms with Gasteiger partial charge in [0.2, 0.25) is 0 Å². The Morgan fingerprint density at radius 3 is 2.93 bits per heavy atom. The third kappa shape index (κ3) is 1.09. The lowest BCUT2D eigenvalue weighted by Crippen LogP contribution is -2.08. The highest BCUT2D eigenvalue weighted by Gasteiger charge is 2.12. The molecule has 14 heavy (non-hydrogen) atoms. The molecule has 0 bridgehead atoms. The van der Waals surface area contributed by atoms with Crippen LogP contribution in [0.15, 0.2) is 36.4 Å². The molecule has 0 saturated carbocycles. The second-order valence-corrected chi connectivity index (χ2v) is 3.73. The highest BCUT2D eigenvalue weighted by Crippen LogP contribution is 2.32. The molecule has 0 aromatic heterocycles. The minimum absolute atomic E-state index is 0.862. The third-order valence-corrected chi connectivity index (χ3v) is 2.80. The molecule has 1 heteroatoms. The van der Waals surface area contributed by atoms with Crippen molar-refractivity contribution >= 4 is 10.8 Å². The summed E-state index contributed by atoms with van der Waals surface area (Å²) in [6.07, 6.45) is 2.30. The lowest BCUT2D eigenvalue weighted by atomic mass is 10.0. The van der Waals surface area contributed by atoms with Crippen LogP contribution in [0.25, 0.3) is 10.8 Å². The molecule has 0 N–H and O–H groups in total. The Hall–Kier alpha value is -1.50. The van der Waals surface area contributed by atoms with Gasteiger partial charge in [0.05, 0.1) is 6.61 Å². The molecule has 1 nitrogen and oxygen atoms in total. The molecule has 70 valence electrons. The Labute approximate surface area is 83.3 Å². The van der Waals surface area contributed by atoms with E-state index < -0.39 is 0 Å². The first-order valence-corrected chi connectivity index (χ1v) is 5.08. The van der Waals surface area contributed by atoms with E-state index in [1.165, 1.54) is 16.3 Å². The van der Waals surface area contributed by atoms with E-state index in [4.69, 9.17) is 4.74 Å². The van der Waals surface area contributed by atoms with Gasteiger partial charge in [-0.25, -0.2) is 0 Å². The molecule has 0 fully saturated rings. The lowest BCUT2D eigenvalue weighted by Gasteiger charge is -2.18. The topological polar surface area (TPSA) is 9.23 Å². The number of hydrogen-bond acceptors (Lipinski definition) is 1. The first kappa shape index (κ1) is 7.86. The molecule has 0 saturated heterocycles. The molecule has 1 heterocycles. The van der Waals surface area contributed by atoms with E-state index in [1.807, 2.05) is 0 Å². The van der Waals surface area contributed by atoms with Crippen molar-refractivity contribution in [2.75, 3.05) is 6.61 Å². The zero-order valence-corrected chi connectivity index (χ0v) is 7.99. The van der Waals surface area contributed by atoms with E-state index in [1.54, 1.807) is 0 Å². The molecule has 0 amide bonds. The monoisotopic (exact) mass is 184 g/mol. The van der Waals surface area contributed by atoms with Crippen molar-refractivity contribution < 1.29 is 4.74 Å². The van der Waals surface area contributed by atoms with Gasteiger partial charge in [-0.15, -0.1) is 0 Å². The van der Waals surface area contributed by atoms with E-state index in [-0.39, 0.29) is 0 Å². The molecule has 0 atom stereocenters. The van der Waals surface area contributed by atoms with Gasteiger partial charge in [0.15, 0.2) is 0 Å². The number of aryl methyl sites for hydroxylation is 1. The van der Waals surface area contributed by atoms with Crippen molar-refractivity contribution in [1.82, 2.24) is 0 Å². The van der Waals surface area contributed by atoms with Crippen molar-refractivity contribution in [2.45, 2.75) is 12.8 Å². The second-order valence-electron chi connectivity index (χ2n) is 3.73. The van der Waals surface area contributed by atoms with E-state index >= 15 is 0 Å². The van der Waals surface area contributed by atoms with Crippen molar-refractivity contribution in [2.24, 2.45) is 0 Å². The van der Waals surface area contributed by atoms with Gasteiger partial charge in [0.25, 0.3) is 0 Å². The van der Waals surface area contributed by atoms with Crippen molar-refractivity contribution in [3.63, 3.8) is 0 Å². The summed E-state index contributed by atoms with van der Waals surface area (Å²) in [5.74, 6) is 1.11. The maximum atomic E-state index is 5.74. The third-order valence-electron chi connectivity index (χ3n) is 2.80. The number of rotatable bonds is 0. The zero-order valence-electron chi connectivity index (χ0n) is 7.99. The maximum Gasteiger partial charge on any atom is 0.130 e. The first-order chi connectivity index (χ1) is 6.95. The van der Waals surface area contributed by atoms with Crippen LogP contribution in [0, 0.1) is 0 Å². The fourth-order valence-electron chi connectivity index (χ4n) is 2.09. The van der Waals surface area contributed by atoms with Gasteiger partial charge in [-0.1, -0.05) is 36.4 Å². The predicted octanol–water partition coefficient (Wildman–Crippen LogP) is 3.16. The van der Waals surface area contributed by atoms with Crippen molar-refractivity contribution in [3.05, 3.63) is 42.0 Å². The quantitative estimate of drug-likeness (QED) is 0.611. The van der Waals surface area contributed by atoms with E-state index in [0.717, 1.165) is 25.2 Å². The fraction of sp³-hybridized carbons (Fsp3) is 0.231. The summed E-state index contributed by atoms with van der Waals surface area (Å²) in [7, 11) is 0. The first-order valence-electron chi connectivity index (χ1n) is 5.08. The molecule has 1 aliphatic heterocycles. The summed E-state index contributed by atoms with van der Waals surface area (Å²) in [5.41, 5.74) is 1.36. The number of fused-ring (bicyclic) bond motifs is 3. The summed E-state index contributed by atoms with van der Waals surface area (Å²) in [6.45, 7) is 0.862. The van der Waals surface area contributed by atoms with Gasteiger partial charge in [-0.2, -0.15) is 0 Å². The van der Waals surface area contributed by atoms with Crippen LogP contribution in [0.2, 0.25) is 0 Å². The summed E-state index contributed by atoms with van der Waals surface area (Å²) in [5, 5.41) is 2.53. The smallest absolute Gasteiger partial charge is 0.130 e. The maximum absolute atomic E-state index is 5.74. The van der Waals surface area contributed by atoms with Crippen molar-refractivity contribution in [3.8, 4) is 5.75 Å². The summed E-state index contributed by atoms with van der Waals surface area (Å²) >= 11 is 0. The van der Waals surface area contributed by atoms with E-state index in [0.29, 0.717) is 0 Å². The lowest BCUT2D eigenvalue weighted by molar-refractivity contribution is 0.292. The minimum atomic E-state index is 0.862. The second kappa shape index (κ2) is 3.02. The molecule has 0 spiro atoms. The average molecular weight is 184 g/mol. The van der Waals surface area contributed by atoms with Crippen LogP contribution in [0.1, 0.15) is 12.0 Å². The fourth-order valence-corrected chi connectivity index (χ4v) is 2.09. The standard InChI is InChI=1S/C13H12O/c1-2-6-12-10(4-1)7-8-11-5-3-9-14-13(11)12/h1-2,4,6-8H,3,5,9H2. The Morgan fingerprint density at radius 1 is 1.00 bits per heavy atom. The normalized spacial score (nSPS) is 14.9. The molecule has 2 aromatic carbocycles. The molecular weight excluding hydrogens is 172 g/mol. The van der Waals surface area contributed by atoms with Crippen molar-refractivity contribution in [1.29, 1.82) is 0 Å². The van der Waals surface area contributed by atoms with Crippen LogP contribution >= 0.6 is 0 Å². The highest BCUT2D eigenvalue weighted by atomic mass is 16.5. The van der Waals surface area contributed by atoms with Crippen LogP contribution in [-0.4, -0.2) is 6.61 Å². The summed E-state index contributed by atoms with van der Waals surface area (Å²) in [6, 6.07) is 12.8. The van der Waals surface area contributed by atoms with Crippen LogP contribution in [-0.2, 0) is 6.42 Å². The molecule has 1 aliphatic rings. The number of benzene rings is 2. The molecule has 2 aromatic rings. The van der Waals surface area contributed by atoms with Gasteiger partial charge in [-0.05, 0) is 23.8 Å². The molecule has 0 aliphatic carbocycles. The van der Waals surface area contributed by atoms with Gasteiger partial charge < -0.3 is 4.74 Å². The summed E-state index contributed by atoms with van der Waals surface area (Å²) < 4.78 is 5.74. The number of hydrogen-bond donors (Lipinski definition) is 0. The summed E-state index contributed by atoms with van der Waals surface area (Å²) in [4.78, 5) is 0. The molecular formula is C13H12O. The van der Waals surface area contributed by atoms with Crippen LogP contribution in [0.3, 0.4) is 0 Å². The average Bonchev–Trinajstić information content (AvgIpc) is 2.29. The number of ether oxygens (including phenoxy) is 1. The van der Waals surface area contributed by atoms with Crippen LogP contribution in [0.4, 0.5) is 0 Å². The minimum Gasteiger partial charge on any atom is -0.493 e. The Balaban J connectivity index is 2.34. The zero-order chi connectivity index (χ0) is 9.38. The Morgan fingerprint density at radius 2 is 1.93 bits per heavy atom. The molecule has 3 rings (SSSR count). The Kier molecular flexibility index (Phi) is 1.69. The predicted molar refractivity (Wildman–Crippen MR) is 57.8 cm³/mol. The molecule has 0 radical (unpaired) electrons. The largest absolute Gasteiger partial charge is 0.493 e. The van der Waals surface area contributed by atoms with Gasteiger partial charge >= 0.3 is 0 Å². The van der Waals surface area contributed by atoms with E-state index in [9.17, 15) is 0 Å². The SMILES string of the molecule is c1ccc2c3c(ccc2c1)CCCO3. The van der Waals surface area contributed by atoms with E-state index in [2.05, 4.69) is 36.4 Å². The molecule has 0 unspecified atom stereocenters. The highest BCUT2D eigenvalue weighted by molar-refractivity contribution is 5.89. The van der Waals surface area contributed by atoms with Gasteiger partial charge in [0.1, 0.15) is 5.75 Å². The van der Waals surface area contributed by atoms with Crippen LogP contribution in [0.5, 0.6) is 5.75 Å². The Bertz CT molecular complexity index is 474. The van der Waals surface area contributed by atoms with Gasteiger partial charge in [-0.3, -0.25) is 0 Å². The van der Waals surface area contributed by atoms with Gasteiger partial charge in [0, 0.05) is 5.39 Å². The van der Waals surface area contributed by atoms with Crippen LogP contribution < -0.4 is 4.74 Å².